The van der Waals surface area contributed by atoms with Crippen molar-refractivity contribution in [2.24, 2.45) is 7.05 Å². The van der Waals surface area contributed by atoms with Crippen LogP contribution in [0.3, 0.4) is 0 Å². The molecule has 156 valence electrons. The maximum atomic E-state index is 5.77. The van der Waals surface area contributed by atoms with E-state index >= 15 is 0 Å². The summed E-state index contributed by atoms with van der Waals surface area (Å²) in [6.07, 6.45) is 0. The molecule has 0 aliphatic carbocycles. The number of aryl methyl sites for hydroxylation is 1. The molecular formula is C27H27N2O2+. The molecule has 4 nitrogen and oxygen atoms in total. The Balaban J connectivity index is 2.14. The fourth-order valence-corrected chi connectivity index (χ4v) is 4.03. The lowest BCUT2D eigenvalue weighted by Gasteiger charge is -2.17. The van der Waals surface area contributed by atoms with Crippen LogP contribution in [0.4, 0.5) is 0 Å². The molecule has 0 saturated carbocycles. The summed E-state index contributed by atoms with van der Waals surface area (Å²) >= 11 is 0. The van der Waals surface area contributed by atoms with Crippen molar-refractivity contribution >= 4 is 0 Å². The third-order valence-electron chi connectivity index (χ3n) is 5.73. The summed E-state index contributed by atoms with van der Waals surface area (Å²) < 4.78 is 13.7. The number of nitrogens with zero attached hydrogens (tertiary/aromatic N) is 2. The highest BCUT2D eigenvalue weighted by molar-refractivity contribution is 5.84. The van der Waals surface area contributed by atoms with Crippen molar-refractivity contribution in [3.63, 3.8) is 0 Å². The first kappa shape index (κ1) is 20.6. The van der Waals surface area contributed by atoms with Crippen molar-refractivity contribution < 1.29 is 14.0 Å². The van der Waals surface area contributed by atoms with Crippen LogP contribution in [0.1, 0.15) is 11.3 Å². The van der Waals surface area contributed by atoms with Crippen molar-refractivity contribution in [1.82, 2.24) is 4.98 Å². The molecule has 0 aliphatic rings. The first-order valence-corrected chi connectivity index (χ1v) is 10.3. The molecule has 3 aromatic carbocycles. The molecule has 0 spiro atoms. The van der Waals surface area contributed by atoms with Crippen molar-refractivity contribution in [2.75, 3.05) is 14.2 Å². The number of benzene rings is 3. The van der Waals surface area contributed by atoms with Gasteiger partial charge in [0.1, 0.15) is 29.9 Å². The van der Waals surface area contributed by atoms with E-state index in [1.165, 1.54) is 0 Å². The Kier molecular flexibility index (Phi) is 5.72. The molecule has 0 radical (unpaired) electrons. The van der Waals surface area contributed by atoms with Gasteiger partial charge >= 0.3 is 0 Å². The van der Waals surface area contributed by atoms with Crippen molar-refractivity contribution in [1.29, 1.82) is 0 Å². The highest BCUT2D eigenvalue weighted by Crippen LogP contribution is 2.40. The van der Waals surface area contributed by atoms with Gasteiger partial charge in [0, 0.05) is 18.1 Å². The van der Waals surface area contributed by atoms with Crippen molar-refractivity contribution in [3.8, 4) is 45.3 Å². The second-order valence-corrected chi connectivity index (χ2v) is 7.52. The molecule has 4 aromatic rings. The molecule has 0 amide bonds. The largest absolute Gasteiger partial charge is 0.496 e. The van der Waals surface area contributed by atoms with E-state index in [1.54, 1.807) is 14.2 Å². The second-order valence-electron chi connectivity index (χ2n) is 7.52. The van der Waals surface area contributed by atoms with Crippen LogP contribution in [0.5, 0.6) is 11.5 Å². The van der Waals surface area contributed by atoms with Crippen LogP contribution in [-0.4, -0.2) is 19.2 Å². The average molecular weight is 412 g/mol. The molecule has 4 rings (SSSR count). The van der Waals surface area contributed by atoms with Crippen LogP contribution in [0, 0.1) is 13.8 Å². The molecule has 0 aliphatic heterocycles. The van der Waals surface area contributed by atoms with Gasteiger partial charge < -0.3 is 9.47 Å². The standard InChI is InChI=1S/C27H27N2O2/c1-18-12-11-17-23(31-5)24(18)27-26(21-15-9-10-16-22(21)30-4)28-25(19(2)29(27)3)20-13-7-6-8-14-20/h6-17H,1-5H3/q+1. The first-order chi connectivity index (χ1) is 15.1. The summed E-state index contributed by atoms with van der Waals surface area (Å²) in [5, 5.41) is 0. The Morgan fingerprint density at radius 2 is 1.35 bits per heavy atom. The molecule has 31 heavy (non-hydrogen) atoms. The van der Waals surface area contributed by atoms with E-state index in [0.717, 1.165) is 56.5 Å². The lowest BCUT2D eigenvalue weighted by atomic mass is 9.97. The molecule has 0 bridgehead atoms. The minimum absolute atomic E-state index is 0.784. The minimum atomic E-state index is 0.784. The molecule has 1 aromatic heterocycles. The van der Waals surface area contributed by atoms with E-state index in [-0.39, 0.29) is 0 Å². The number of rotatable bonds is 5. The minimum Gasteiger partial charge on any atom is -0.496 e. The van der Waals surface area contributed by atoms with Crippen molar-refractivity contribution in [2.45, 2.75) is 13.8 Å². The Labute approximate surface area is 183 Å². The van der Waals surface area contributed by atoms with Crippen LogP contribution in [0.2, 0.25) is 0 Å². The molecule has 0 saturated heterocycles. The first-order valence-electron chi connectivity index (χ1n) is 10.3. The van der Waals surface area contributed by atoms with Gasteiger partial charge in [-0.2, -0.15) is 4.57 Å². The number of hydrogen-bond acceptors (Lipinski definition) is 3. The molecular weight excluding hydrogens is 384 g/mol. The molecule has 0 N–H and O–H groups in total. The summed E-state index contributed by atoms with van der Waals surface area (Å²) in [6.45, 7) is 4.21. The topological polar surface area (TPSA) is 35.2 Å². The third-order valence-corrected chi connectivity index (χ3v) is 5.73. The zero-order chi connectivity index (χ0) is 22.0. The molecule has 0 fully saturated rings. The third kappa shape index (κ3) is 3.66. The van der Waals surface area contributed by atoms with E-state index in [4.69, 9.17) is 14.5 Å². The van der Waals surface area contributed by atoms with E-state index in [9.17, 15) is 0 Å². The Morgan fingerprint density at radius 3 is 2.06 bits per heavy atom. The van der Waals surface area contributed by atoms with Gasteiger partial charge in [0.2, 0.25) is 11.4 Å². The highest BCUT2D eigenvalue weighted by atomic mass is 16.5. The normalized spacial score (nSPS) is 10.7. The lowest BCUT2D eigenvalue weighted by Crippen LogP contribution is -2.37. The van der Waals surface area contributed by atoms with Gasteiger partial charge in [-0.3, -0.25) is 0 Å². The summed E-state index contributed by atoms with van der Waals surface area (Å²) in [7, 11) is 5.49. The predicted molar refractivity (Wildman–Crippen MR) is 124 cm³/mol. The Bertz CT molecular complexity index is 1230. The summed E-state index contributed by atoms with van der Waals surface area (Å²) in [4.78, 5) is 5.22. The van der Waals surface area contributed by atoms with Gasteiger partial charge in [-0.05, 0) is 30.7 Å². The zero-order valence-corrected chi connectivity index (χ0v) is 18.6. The molecule has 0 atom stereocenters. The Hall–Kier alpha value is -3.66. The van der Waals surface area contributed by atoms with Gasteiger partial charge in [0.15, 0.2) is 0 Å². The van der Waals surface area contributed by atoms with Gasteiger partial charge in [-0.25, -0.2) is 4.98 Å². The van der Waals surface area contributed by atoms with Crippen LogP contribution in [0.15, 0.2) is 72.8 Å². The fraction of sp³-hybridized carbons (Fsp3) is 0.185. The number of para-hydroxylation sites is 1. The van der Waals surface area contributed by atoms with Gasteiger partial charge in [0.05, 0.1) is 19.8 Å². The van der Waals surface area contributed by atoms with Crippen molar-refractivity contribution in [3.05, 3.63) is 84.1 Å². The lowest BCUT2D eigenvalue weighted by molar-refractivity contribution is -0.666. The molecule has 1 heterocycles. The van der Waals surface area contributed by atoms with Crippen LogP contribution in [0.25, 0.3) is 33.8 Å². The zero-order valence-electron chi connectivity index (χ0n) is 18.6. The van der Waals surface area contributed by atoms with Gasteiger partial charge in [0.25, 0.3) is 0 Å². The highest BCUT2D eigenvalue weighted by Gasteiger charge is 2.30. The monoisotopic (exact) mass is 411 g/mol. The number of methoxy groups -OCH3 is 2. The van der Waals surface area contributed by atoms with Gasteiger partial charge in [-0.15, -0.1) is 0 Å². The smallest absolute Gasteiger partial charge is 0.243 e. The van der Waals surface area contributed by atoms with E-state index in [0.29, 0.717) is 0 Å². The summed E-state index contributed by atoms with van der Waals surface area (Å²) in [5.41, 5.74) is 8.05. The maximum absolute atomic E-state index is 5.77. The summed E-state index contributed by atoms with van der Waals surface area (Å²) in [5.74, 6) is 1.60. The number of hydrogen-bond donors (Lipinski definition) is 0. The fourth-order valence-electron chi connectivity index (χ4n) is 4.03. The number of ether oxygens (including phenoxy) is 2. The van der Waals surface area contributed by atoms with Crippen LogP contribution in [-0.2, 0) is 7.05 Å². The SMILES string of the molecule is COc1ccccc1-c1nc(-c2ccccc2)c(C)[n+](C)c1-c1c(C)cccc1OC. The van der Waals surface area contributed by atoms with E-state index in [2.05, 4.69) is 49.7 Å². The number of aromatic nitrogens is 2. The van der Waals surface area contributed by atoms with Crippen LogP contribution >= 0.6 is 0 Å². The summed E-state index contributed by atoms with van der Waals surface area (Å²) in [6, 6.07) is 24.4. The van der Waals surface area contributed by atoms with E-state index < -0.39 is 0 Å². The maximum Gasteiger partial charge on any atom is 0.243 e. The quantitative estimate of drug-likeness (QED) is 0.405. The molecule has 4 heteroatoms. The van der Waals surface area contributed by atoms with Crippen LogP contribution < -0.4 is 14.0 Å². The van der Waals surface area contributed by atoms with E-state index in [1.807, 2.05) is 48.5 Å². The average Bonchev–Trinajstić information content (AvgIpc) is 2.81. The second kappa shape index (κ2) is 8.60. The molecule has 0 unspecified atom stereocenters. The Morgan fingerprint density at radius 1 is 0.710 bits per heavy atom. The predicted octanol–water partition coefficient (Wildman–Crippen LogP) is 5.54. The van der Waals surface area contributed by atoms with Gasteiger partial charge in [-0.1, -0.05) is 54.6 Å².